The molecule has 0 bridgehead atoms. The molecule has 0 aliphatic carbocycles. The summed E-state index contributed by atoms with van der Waals surface area (Å²) in [6.45, 7) is 10.1. The second kappa shape index (κ2) is 9.34. The Labute approximate surface area is 111 Å². The molecule has 0 saturated heterocycles. The van der Waals surface area contributed by atoms with Gasteiger partial charge in [0.15, 0.2) is 0 Å². The molecule has 0 aliphatic heterocycles. The van der Waals surface area contributed by atoms with Crippen molar-refractivity contribution in [3.05, 3.63) is 0 Å². The molecule has 0 aliphatic rings. The second-order valence-corrected chi connectivity index (χ2v) is 5.10. The number of carbonyl (C=O) groups is 1. The zero-order valence-electron chi connectivity index (χ0n) is 12.3. The van der Waals surface area contributed by atoms with Crippen LogP contribution in [0.4, 0.5) is 0 Å². The Balaban J connectivity index is 4.14. The van der Waals surface area contributed by atoms with Gasteiger partial charge in [0, 0.05) is 19.8 Å². The van der Waals surface area contributed by atoms with Gasteiger partial charge in [0.05, 0.1) is 12.0 Å². The van der Waals surface area contributed by atoms with Crippen LogP contribution in [0.25, 0.3) is 0 Å². The molecule has 0 saturated carbocycles. The van der Waals surface area contributed by atoms with E-state index in [0.29, 0.717) is 38.5 Å². The van der Waals surface area contributed by atoms with Crippen LogP contribution in [0.1, 0.15) is 47.0 Å². The highest BCUT2D eigenvalue weighted by atomic mass is 16.5. The van der Waals surface area contributed by atoms with Gasteiger partial charge in [-0.3, -0.25) is 4.79 Å². The van der Waals surface area contributed by atoms with Crippen LogP contribution in [0.15, 0.2) is 0 Å². The van der Waals surface area contributed by atoms with Gasteiger partial charge < -0.3 is 15.2 Å². The number of nitrogens with two attached hydrogens (primary N) is 1. The van der Waals surface area contributed by atoms with Crippen LogP contribution < -0.4 is 5.73 Å². The number of rotatable bonds is 10. The number of ether oxygens (including phenoxy) is 2. The number of esters is 1. The SMILES string of the molecule is CCOC(=O)C(CC)(CN)CCOCCC(C)C. The fourth-order valence-electron chi connectivity index (χ4n) is 1.73. The van der Waals surface area contributed by atoms with Crippen molar-refractivity contribution in [2.45, 2.75) is 47.0 Å². The molecule has 0 aromatic carbocycles. The van der Waals surface area contributed by atoms with E-state index in [1.165, 1.54) is 0 Å². The molecule has 0 rings (SSSR count). The molecule has 4 heteroatoms. The first-order valence-electron chi connectivity index (χ1n) is 6.97. The fourth-order valence-corrected chi connectivity index (χ4v) is 1.73. The van der Waals surface area contributed by atoms with Crippen LogP contribution >= 0.6 is 0 Å². The van der Waals surface area contributed by atoms with Crippen molar-refractivity contribution in [2.24, 2.45) is 17.1 Å². The van der Waals surface area contributed by atoms with Gasteiger partial charge in [-0.25, -0.2) is 0 Å². The van der Waals surface area contributed by atoms with Crippen molar-refractivity contribution in [3.63, 3.8) is 0 Å². The Morgan fingerprint density at radius 2 is 1.94 bits per heavy atom. The Bertz CT molecular complexity index is 225. The molecule has 0 fully saturated rings. The highest BCUT2D eigenvalue weighted by molar-refractivity contribution is 5.77. The molecule has 0 aromatic rings. The van der Waals surface area contributed by atoms with E-state index in [-0.39, 0.29) is 5.97 Å². The molecule has 18 heavy (non-hydrogen) atoms. The molecule has 0 radical (unpaired) electrons. The van der Waals surface area contributed by atoms with Crippen molar-refractivity contribution in [3.8, 4) is 0 Å². The first-order chi connectivity index (χ1) is 8.52. The number of carbonyl (C=O) groups excluding carboxylic acids is 1. The summed E-state index contributed by atoms with van der Waals surface area (Å²) in [6.07, 6.45) is 2.37. The maximum absolute atomic E-state index is 11.9. The smallest absolute Gasteiger partial charge is 0.313 e. The largest absolute Gasteiger partial charge is 0.466 e. The monoisotopic (exact) mass is 259 g/mol. The van der Waals surface area contributed by atoms with Gasteiger partial charge >= 0.3 is 5.97 Å². The summed E-state index contributed by atoms with van der Waals surface area (Å²) < 4.78 is 10.7. The third-order valence-electron chi connectivity index (χ3n) is 3.34. The predicted molar refractivity (Wildman–Crippen MR) is 73.3 cm³/mol. The standard InChI is InChI=1S/C14H29NO3/c1-5-14(11-15,13(16)18-6-2)8-10-17-9-7-12(3)4/h12H,5-11,15H2,1-4H3. The molecule has 0 spiro atoms. The van der Waals surface area contributed by atoms with Crippen LogP contribution in [0.3, 0.4) is 0 Å². The van der Waals surface area contributed by atoms with Crippen molar-refractivity contribution >= 4 is 5.97 Å². The summed E-state index contributed by atoms with van der Waals surface area (Å²) in [5, 5.41) is 0. The Kier molecular flexibility index (Phi) is 9.02. The van der Waals surface area contributed by atoms with Crippen LogP contribution in [0, 0.1) is 11.3 Å². The van der Waals surface area contributed by atoms with Crippen molar-refractivity contribution in [1.82, 2.24) is 0 Å². The molecule has 4 nitrogen and oxygen atoms in total. The lowest BCUT2D eigenvalue weighted by atomic mass is 9.82. The summed E-state index contributed by atoms with van der Waals surface area (Å²) in [5.41, 5.74) is 5.18. The number of hydrogen-bond acceptors (Lipinski definition) is 4. The first kappa shape index (κ1) is 17.4. The zero-order valence-corrected chi connectivity index (χ0v) is 12.3. The first-order valence-corrected chi connectivity index (χ1v) is 6.97. The average molecular weight is 259 g/mol. The summed E-state index contributed by atoms with van der Waals surface area (Å²) >= 11 is 0. The summed E-state index contributed by atoms with van der Waals surface area (Å²) in [6, 6.07) is 0. The lowest BCUT2D eigenvalue weighted by Crippen LogP contribution is -2.40. The van der Waals surface area contributed by atoms with Crippen LogP contribution in [0.2, 0.25) is 0 Å². The molecule has 1 atom stereocenters. The quantitative estimate of drug-likeness (QED) is 0.483. The minimum atomic E-state index is -0.576. The van der Waals surface area contributed by atoms with Crippen LogP contribution in [0.5, 0.6) is 0 Å². The third kappa shape index (κ3) is 5.83. The van der Waals surface area contributed by atoms with E-state index in [9.17, 15) is 4.79 Å². The van der Waals surface area contributed by atoms with Gasteiger partial charge in [0.25, 0.3) is 0 Å². The third-order valence-corrected chi connectivity index (χ3v) is 3.34. The molecular formula is C14H29NO3. The van der Waals surface area contributed by atoms with E-state index in [1.54, 1.807) is 0 Å². The molecule has 2 N–H and O–H groups in total. The van der Waals surface area contributed by atoms with E-state index < -0.39 is 5.41 Å². The minimum absolute atomic E-state index is 0.192. The summed E-state index contributed by atoms with van der Waals surface area (Å²) in [5.74, 6) is 0.447. The molecule has 0 heterocycles. The maximum Gasteiger partial charge on any atom is 0.313 e. The Morgan fingerprint density at radius 3 is 2.39 bits per heavy atom. The predicted octanol–water partition coefficient (Wildman–Crippen LogP) is 2.36. The van der Waals surface area contributed by atoms with Crippen molar-refractivity contribution in [2.75, 3.05) is 26.4 Å². The molecule has 108 valence electrons. The topological polar surface area (TPSA) is 61.5 Å². The zero-order chi connectivity index (χ0) is 14.0. The summed E-state index contributed by atoms with van der Waals surface area (Å²) in [7, 11) is 0. The summed E-state index contributed by atoms with van der Waals surface area (Å²) in [4.78, 5) is 11.9. The molecule has 0 amide bonds. The Hall–Kier alpha value is -0.610. The van der Waals surface area contributed by atoms with Crippen LogP contribution in [-0.4, -0.2) is 32.3 Å². The van der Waals surface area contributed by atoms with E-state index >= 15 is 0 Å². The Morgan fingerprint density at radius 1 is 1.28 bits per heavy atom. The highest BCUT2D eigenvalue weighted by Gasteiger charge is 2.36. The van der Waals surface area contributed by atoms with Crippen molar-refractivity contribution in [1.29, 1.82) is 0 Å². The average Bonchev–Trinajstić information content (AvgIpc) is 2.34. The minimum Gasteiger partial charge on any atom is -0.466 e. The highest BCUT2D eigenvalue weighted by Crippen LogP contribution is 2.27. The lowest BCUT2D eigenvalue weighted by molar-refractivity contribution is -0.156. The van der Waals surface area contributed by atoms with E-state index in [1.807, 2.05) is 13.8 Å². The molecule has 1 unspecified atom stereocenters. The van der Waals surface area contributed by atoms with Gasteiger partial charge in [-0.15, -0.1) is 0 Å². The van der Waals surface area contributed by atoms with E-state index in [4.69, 9.17) is 15.2 Å². The van der Waals surface area contributed by atoms with Gasteiger partial charge in [0.2, 0.25) is 0 Å². The second-order valence-electron chi connectivity index (χ2n) is 5.10. The normalized spacial score (nSPS) is 14.6. The van der Waals surface area contributed by atoms with Crippen molar-refractivity contribution < 1.29 is 14.3 Å². The van der Waals surface area contributed by atoms with Gasteiger partial charge in [0.1, 0.15) is 0 Å². The van der Waals surface area contributed by atoms with E-state index in [0.717, 1.165) is 13.0 Å². The van der Waals surface area contributed by atoms with Crippen LogP contribution in [-0.2, 0) is 14.3 Å². The molecule has 0 aromatic heterocycles. The van der Waals surface area contributed by atoms with E-state index in [2.05, 4.69) is 13.8 Å². The lowest BCUT2D eigenvalue weighted by Gasteiger charge is -2.28. The van der Waals surface area contributed by atoms with Gasteiger partial charge in [-0.1, -0.05) is 20.8 Å². The number of hydrogen-bond donors (Lipinski definition) is 1. The fraction of sp³-hybridized carbons (Fsp3) is 0.929. The van der Waals surface area contributed by atoms with Gasteiger partial charge in [-0.2, -0.15) is 0 Å². The molecular weight excluding hydrogens is 230 g/mol. The van der Waals surface area contributed by atoms with Gasteiger partial charge in [-0.05, 0) is 32.1 Å². The maximum atomic E-state index is 11.9.